The molecular weight excluding hydrogens is 262 g/mol. The third-order valence-electron chi connectivity index (χ3n) is 3.32. The molecule has 19 heavy (non-hydrogen) atoms. The first kappa shape index (κ1) is 14.2. The monoisotopic (exact) mass is 281 g/mol. The average molecular weight is 281 g/mol. The van der Waals surface area contributed by atoms with Crippen molar-refractivity contribution in [1.82, 2.24) is 5.32 Å². The first-order valence-electron chi connectivity index (χ1n) is 6.47. The van der Waals surface area contributed by atoms with Crippen molar-refractivity contribution in [2.75, 3.05) is 12.3 Å². The van der Waals surface area contributed by atoms with Crippen LogP contribution < -0.4 is 5.32 Å². The number of nitrogens with one attached hydrogen (secondary N) is 1. The Bertz CT molecular complexity index is 444. The summed E-state index contributed by atoms with van der Waals surface area (Å²) in [5, 5.41) is 13.3. The van der Waals surface area contributed by atoms with Gasteiger partial charge in [0.15, 0.2) is 0 Å². The summed E-state index contributed by atoms with van der Waals surface area (Å²) in [6, 6.07) is 3.54. The maximum absolute atomic E-state index is 11.6. The van der Waals surface area contributed by atoms with Crippen LogP contribution in [-0.2, 0) is 4.79 Å². The number of furan rings is 1. The van der Waals surface area contributed by atoms with Crippen LogP contribution in [0.5, 0.6) is 0 Å². The lowest BCUT2D eigenvalue weighted by Gasteiger charge is -2.44. The number of amides is 1. The van der Waals surface area contributed by atoms with E-state index in [0.29, 0.717) is 12.3 Å². The van der Waals surface area contributed by atoms with Crippen LogP contribution in [0.3, 0.4) is 0 Å². The summed E-state index contributed by atoms with van der Waals surface area (Å²) in [5.41, 5.74) is -0.741. The van der Waals surface area contributed by atoms with Crippen LogP contribution in [0, 0.1) is 0 Å². The molecule has 1 aromatic rings. The van der Waals surface area contributed by atoms with E-state index in [1.54, 1.807) is 36.2 Å². The predicted molar refractivity (Wildman–Crippen MR) is 76.9 cm³/mol. The van der Waals surface area contributed by atoms with E-state index in [1.165, 1.54) is 6.08 Å². The number of carbonyl (C=O) groups is 1. The van der Waals surface area contributed by atoms with Gasteiger partial charge in [0, 0.05) is 17.9 Å². The zero-order valence-corrected chi connectivity index (χ0v) is 11.8. The Morgan fingerprint density at radius 3 is 3.16 bits per heavy atom. The molecule has 2 rings (SSSR count). The molecule has 0 saturated heterocycles. The van der Waals surface area contributed by atoms with E-state index in [2.05, 4.69) is 12.2 Å². The van der Waals surface area contributed by atoms with Crippen molar-refractivity contribution in [3.05, 3.63) is 30.2 Å². The van der Waals surface area contributed by atoms with Gasteiger partial charge in [-0.25, -0.2) is 0 Å². The molecule has 0 spiro atoms. The van der Waals surface area contributed by atoms with Crippen molar-refractivity contribution in [1.29, 1.82) is 0 Å². The zero-order valence-electron chi connectivity index (χ0n) is 11.0. The van der Waals surface area contributed by atoms with Crippen molar-refractivity contribution in [2.45, 2.75) is 30.6 Å². The molecule has 1 amide bonds. The molecule has 0 unspecified atom stereocenters. The standard InChI is InChI=1S/C14H19NO3S/c1-2-19-12-7-8-14(12,17)10-15-13(16)6-5-11-4-3-9-18-11/h3-6,9,12,17H,2,7-8,10H2,1H3,(H,15,16)/b6-5+/t12-,14-/m1/s1. The molecule has 1 heterocycles. The molecule has 2 N–H and O–H groups in total. The summed E-state index contributed by atoms with van der Waals surface area (Å²) in [5.74, 6) is 1.41. The molecule has 0 radical (unpaired) electrons. The minimum absolute atomic E-state index is 0.211. The number of carbonyl (C=O) groups excluding carboxylic acids is 1. The molecule has 4 nitrogen and oxygen atoms in total. The SMILES string of the molecule is CCS[C@@H]1CC[C@@]1(O)CNC(=O)/C=C/c1ccco1. The van der Waals surface area contributed by atoms with E-state index in [-0.39, 0.29) is 11.2 Å². The van der Waals surface area contributed by atoms with Crippen molar-refractivity contribution in [3.63, 3.8) is 0 Å². The van der Waals surface area contributed by atoms with Gasteiger partial charge < -0.3 is 14.8 Å². The highest BCUT2D eigenvalue weighted by Gasteiger charge is 2.45. The minimum Gasteiger partial charge on any atom is -0.465 e. The zero-order chi connectivity index (χ0) is 13.7. The molecule has 1 aliphatic carbocycles. The third-order valence-corrected chi connectivity index (χ3v) is 4.73. The predicted octanol–water partition coefficient (Wildman–Crippen LogP) is 2.06. The smallest absolute Gasteiger partial charge is 0.244 e. The van der Waals surface area contributed by atoms with Gasteiger partial charge in [-0.1, -0.05) is 6.92 Å². The number of hydrogen-bond donors (Lipinski definition) is 2. The average Bonchev–Trinajstić information content (AvgIpc) is 2.91. The van der Waals surface area contributed by atoms with Crippen LogP contribution in [-0.4, -0.2) is 34.2 Å². The molecule has 0 aliphatic heterocycles. The lowest BCUT2D eigenvalue weighted by molar-refractivity contribution is -0.118. The number of hydrogen-bond acceptors (Lipinski definition) is 4. The molecular formula is C14H19NO3S. The van der Waals surface area contributed by atoms with Gasteiger partial charge in [-0.15, -0.1) is 0 Å². The molecule has 1 saturated carbocycles. The Kier molecular flexibility index (Phi) is 4.71. The molecule has 1 fully saturated rings. The van der Waals surface area contributed by atoms with E-state index in [4.69, 9.17) is 4.42 Å². The highest BCUT2D eigenvalue weighted by Crippen LogP contribution is 2.40. The second-order valence-corrected chi connectivity index (χ2v) is 6.13. The fourth-order valence-corrected chi connectivity index (χ4v) is 3.28. The Morgan fingerprint density at radius 1 is 1.74 bits per heavy atom. The number of aliphatic hydroxyl groups is 1. The van der Waals surface area contributed by atoms with Crippen LogP contribution in [0.25, 0.3) is 6.08 Å². The molecule has 1 aliphatic rings. The van der Waals surface area contributed by atoms with E-state index >= 15 is 0 Å². The summed E-state index contributed by atoms with van der Waals surface area (Å²) in [4.78, 5) is 11.6. The Labute approximate surface area is 117 Å². The van der Waals surface area contributed by atoms with Gasteiger partial charge in [-0.05, 0) is 36.8 Å². The van der Waals surface area contributed by atoms with Crippen molar-refractivity contribution in [2.24, 2.45) is 0 Å². The summed E-state index contributed by atoms with van der Waals surface area (Å²) in [7, 11) is 0. The molecule has 104 valence electrons. The van der Waals surface area contributed by atoms with Gasteiger partial charge in [0.1, 0.15) is 5.76 Å². The summed E-state index contributed by atoms with van der Waals surface area (Å²) in [6.07, 6.45) is 6.36. The molecule has 5 heteroatoms. The number of thioether (sulfide) groups is 1. The van der Waals surface area contributed by atoms with Gasteiger partial charge >= 0.3 is 0 Å². The third kappa shape index (κ3) is 3.64. The summed E-state index contributed by atoms with van der Waals surface area (Å²) in [6.45, 7) is 2.39. The maximum Gasteiger partial charge on any atom is 0.244 e. The second kappa shape index (κ2) is 6.30. The Hall–Kier alpha value is -1.20. The summed E-state index contributed by atoms with van der Waals surface area (Å²) < 4.78 is 5.09. The fourth-order valence-electron chi connectivity index (χ4n) is 2.08. The second-order valence-electron chi connectivity index (χ2n) is 4.65. The van der Waals surface area contributed by atoms with Gasteiger partial charge in [-0.3, -0.25) is 4.79 Å². The van der Waals surface area contributed by atoms with Gasteiger partial charge in [0.25, 0.3) is 0 Å². The van der Waals surface area contributed by atoms with Crippen LogP contribution in [0.2, 0.25) is 0 Å². The quantitative estimate of drug-likeness (QED) is 0.783. The van der Waals surface area contributed by atoms with E-state index in [0.717, 1.165) is 18.6 Å². The van der Waals surface area contributed by atoms with Crippen molar-refractivity contribution >= 4 is 23.7 Å². The first-order chi connectivity index (χ1) is 9.14. The van der Waals surface area contributed by atoms with Crippen LogP contribution in [0.1, 0.15) is 25.5 Å². The highest BCUT2D eigenvalue weighted by molar-refractivity contribution is 8.00. The molecule has 2 atom stereocenters. The highest BCUT2D eigenvalue weighted by atomic mass is 32.2. The minimum atomic E-state index is -0.741. The van der Waals surface area contributed by atoms with Gasteiger partial charge in [0.05, 0.1) is 11.9 Å². The Morgan fingerprint density at radius 2 is 2.58 bits per heavy atom. The van der Waals surface area contributed by atoms with Crippen LogP contribution in [0.15, 0.2) is 28.9 Å². The normalized spacial score (nSPS) is 26.3. The van der Waals surface area contributed by atoms with Crippen LogP contribution >= 0.6 is 11.8 Å². The first-order valence-corrected chi connectivity index (χ1v) is 7.52. The van der Waals surface area contributed by atoms with Gasteiger partial charge in [-0.2, -0.15) is 11.8 Å². The van der Waals surface area contributed by atoms with Crippen LogP contribution in [0.4, 0.5) is 0 Å². The molecule has 0 bridgehead atoms. The maximum atomic E-state index is 11.6. The van der Waals surface area contributed by atoms with E-state index in [9.17, 15) is 9.90 Å². The fraction of sp³-hybridized carbons (Fsp3) is 0.500. The van der Waals surface area contributed by atoms with Gasteiger partial charge in [0.2, 0.25) is 5.91 Å². The summed E-state index contributed by atoms with van der Waals surface area (Å²) >= 11 is 1.75. The molecule has 1 aromatic heterocycles. The lowest BCUT2D eigenvalue weighted by Crippen LogP contribution is -2.56. The van der Waals surface area contributed by atoms with E-state index < -0.39 is 5.60 Å². The molecule has 0 aromatic carbocycles. The van der Waals surface area contributed by atoms with Crippen molar-refractivity contribution < 1.29 is 14.3 Å². The Balaban J connectivity index is 1.77. The topological polar surface area (TPSA) is 62.5 Å². The lowest BCUT2D eigenvalue weighted by atomic mass is 9.79. The van der Waals surface area contributed by atoms with E-state index in [1.807, 2.05) is 0 Å². The van der Waals surface area contributed by atoms with Crippen molar-refractivity contribution in [3.8, 4) is 0 Å². The number of rotatable bonds is 6. The largest absolute Gasteiger partial charge is 0.465 e.